The summed E-state index contributed by atoms with van der Waals surface area (Å²) in [5, 5.41) is 2.89. The zero-order valence-corrected chi connectivity index (χ0v) is 9.69. The minimum Gasteiger partial charge on any atom is -0.325 e. The standard InChI is InChI=1S/C12H14ClNO/c1-12(2)9-7-8(5-6-13)3-4-10(9)14-11(12)15/h3-4,7H,5-6H2,1-2H3,(H,14,15). The average Bonchev–Trinajstić information content (AvgIpc) is 2.40. The Hall–Kier alpha value is -1.02. The Balaban J connectivity index is 2.45. The molecule has 2 nitrogen and oxygen atoms in total. The molecule has 1 aromatic carbocycles. The third-order valence-electron chi connectivity index (χ3n) is 2.96. The normalized spacial score (nSPS) is 17.4. The van der Waals surface area contributed by atoms with Gasteiger partial charge in [0.1, 0.15) is 0 Å². The molecule has 1 aromatic rings. The minimum atomic E-state index is -0.419. The molecule has 0 aliphatic carbocycles. The molecular weight excluding hydrogens is 210 g/mol. The fraction of sp³-hybridized carbons (Fsp3) is 0.417. The van der Waals surface area contributed by atoms with E-state index in [4.69, 9.17) is 11.6 Å². The Kier molecular flexibility index (Phi) is 2.47. The van der Waals surface area contributed by atoms with Crippen LogP contribution in [0, 0.1) is 0 Å². The van der Waals surface area contributed by atoms with E-state index in [2.05, 4.69) is 11.4 Å². The topological polar surface area (TPSA) is 29.1 Å². The fourth-order valence-electron chi connectivity index (χ4n) is 1.88. The Morgan fingerprint density at radius 3 is 2.80 bits per heavy atom. The number of carbonyl (C=O) groups excluding carboxylic acids is 1. The first-order valence-corrected chi connectivity index (χ1v) is 5.60. The highest BCUT2D eigenvalue weighted by molar-refractivity contribution is 6.18. The number of benzene rings is 1. The summed E-state index contributed by atoms with van der Waals surface area (Å²) in [5.74, 6) is 0.682. The Labute approximate surface area is 94.6 Å². The predicted octanol–water partition coefficient (Wildman–Crippen LogP) is 2.70. The van der Waals surface area contributed by atoms with E-state index >= 15 is 0 Å². The molecule has 1 N–H and O–H groups in total. The highest BCUT2D eigenvalue weighted by atomic mass is 35.5. The molecule has 0 atom stereocenters. The van der Waals surface area contributed by atoms with Crippen molar-refractivity contribution in [3.8, 4) is 0 Å². The first-order valence-electron chi connectivity index (χ1n) is 5.06. The molecule has 0 bridgehead atoms. The molecule has 1 aliphatic heterocycles. The molecule has 1 heterocycles. The van der Waals surface area contributed by atoms with Crippen LogP contribution in [0.4, 0.5) is 5.69 Å². The third-order valence-corrected chi connectivity index (χ3v) is 3.15. The van der Waals surface area contributed by atoms with Crippen LogP contribution in [0.25, 0.3) is 0 Å². The maximum atomic E-state index is 11.7. The summed E-state index contributed by atoms with van der Waals surface area (Å²) in [6.07, 6.45) is 0.846. The van der Waals surface area contributed by atoms with Crippen LogP contribution in [0.5, 0.6) is 0 Å². The number of hydrogen-bond acceptors (Lipinski definition) is 1. The lowest BCUT2D eigenvalue weighted by molar-refractivity contribution is -0.119. The summed E-state index contributed by atoms with van der Waals surface area (Å²) < 4.78 is 0. The molecule has 2 rings (SSSR count). The highest BCUT2D eigenvalue weighted by Gasteiger charge is 2.38. The number of halogens is 1. The molecule has 0 saturated carbocycles. The summed E-state index contributed by atoms with van der Waals surface area (Å²) >= 11 is 5.70. The second-order valence-electron chi connectivity index (χ2n) is 4.40. The van der Waals surface area contributed by atoms with E-state index in [1.807, 2.05) is 26.0 Å². The smallest absolute Gasteiger partial charge is 0.234 e. The van der Waals surface area contributed by atoms with E-state index in [9.17, 15) is 4.79 Å². The molecule has 3 heteroatoms. The molecule has 80 valence electrons. The molecule has 0 fully saturated rings. The van der Waals surface area contributed by atoms with E-state index in [1.165, 1.54) is 5.56 Å². The van der Waals surface area contributed by atoms with Crippen molar-refractivity contribution in [2.45, 2.75) is 25.7 Å². The van der Waals surface area contributed by atoms with Crippen molar-refractivity contribution in [1.82, 2.24) is 0 Å². The predicted molar refractivity (Wildman–Crippen MR) is 62.5 cm³/mol. The summed E-state index contributed by atoms with van der Waals surface area (Å²) in [6.45, 7) is 3.89. The molecule has 0 unspecified atom stereocenters. The average molecular weight is 224 g/mol. The van der Waals surface area contributed by atoms with Gasteiger partial charge in [-0.15, -0.1) is 11.6 Å². The lowest BCUT2D eigenvalue weighted by Gasteiger charge is -2.15. The van der Waals surface area contributed by atoms with Gasteiger partial charge >= 0.3 is 0 Å². The van der Waals surface area contributed by atoms with Crippen molar-refractivity contribution in [2.24, 2.45) is 0 Å². The molecule has 0 aromatic heterocycles. The van der Waals surface area contributed by atoms with E-state index in [0.29, 0.717) is 5.88 Å². The van der Waals surface area contributed by atoms with Crippen molar-refractivity contribution in [3.63, 3.8) is 0 Å². The van der Waals surface area contributed by atoms with Crippen LogP contribution >= 0.6 is 11.6 Å². The quantitative estimate of drug-likeness (QED) is 0.768. The zero-order chi connectivity index (χ0) is 11.1. The van der Waals surface area contributed by atoms with Gasteiger partial charge in [-0.25, -0.2) is 0 Å². The highest BCUT2D eigenvalue weighted by Crippen LogP contribution is 2.37. The van der Waals surface area contributed by atoms with Crippen LogP contribution in [0.15, 0.2) is 18.2 Å². The van der Waals surface area contributed by atoms with Crippen LogP contribution in [-0.4, -0.2) is 11.8 Å². The molecule has 0 spiro atoms. The van der Waals surface area contributed by atoms with Crippen LogP contribution in [0.1, 0.15) is 25.0 Å². The number of nitrogens with one attached hydrogen (secondary N) is 1. The second-order valence-corrected chi connectivity index (χ2v) is 4.78. The first kappa shape index (κ1) is 10.5. The van der Waals surface area contributed by atoms with Crippen molar-refractivity contribution in [2.75, 3.05) is 11.2 Å². The number of alkyl halides is 1. The Morgan fingerprint density at radius 2 is 2.13 bits per heavy atom. The van der Waals surface area contributed by atoms with Crippen molar-refractivity contribution < 1.29 is 4.79 Å². The molecular formula is C12H14ClNO. The van der Waals surface area contributed by atoms with Gasteiger partial charge in [-0.05, 0) is 37.5 Å². The van der Waals surface area contributed by atoms with Gasteiger partial charge in [0.2, 0.25) is 5.91 Å². The van der Waals surface area contributed by atoms with Gasteiger partial charge in [-0.2, -0.15) is 0 Å². The number of aryl methyl sites for hydroxylation is 1. The van der Waals surface area contributed by atoms with E-state index in [1.54, 1.807) is 0 Å². The Morgan fingerprint density at radius 1 is 1.40 bits per heavy atom. The summed E-state index contributed by atoms with van der Waals surface area (Å²) in [6, 6.07) is 6.06. The van der Waals surface area contributed by atoms with Crippen LogP contribution in [0.2, 0.25) is 0 Å². The summed E-state index contributed by atoms with van der Waals surface area (Å²) in [5.41, 5.74) is 2.78. The van der Waals surface area contributed by atoms with E-state index in [0.717, 1.165) is 17.7 Å². The van der Waals surface area contributed by atoms with Crippen molar-refractivity contribution in [1.29, 1.82) is 0 Å². The zero-order valence-electron chi connectivity index (χ0n) is 8.93. The second kappa shape index (κ2) is 3.53. The molecule has 15 heavy (non-hydrogen) atoms. The number of carbonyl (C=O) groups is 1. The van der Waals surface area contributed by atoms with Gasteiger partial charge in [0.05, 0.1) is 5.41 Å². The largest absolute Gasteiger partial charge is 0.325 e. The van der Waals surface area contributed by atoms with Gasteiger partial charge in [0.25, 0.3) is 0 Å². The number of rotatable bonds is 2. The number of hydrogen-bond donors (Lipinski definition) is 1. The van der Waals surface area contributed by atoms with Gasteiger partial charge in [-0.3, -0.25) is 4.79 Å². The number of anilines is 1. The van der Waals surface area contributed by atoms with E-state index < -0.39 is 5.41 Å². The van der Waals surface area contributed by atoms with E-state index in [-0.39, 0.29) is 5.91 Å². The van der Waals surface area contributed by atoms with Gasteiger partial charge in [0, 0.05) is 11.6 Å². The monoisotopic (exact) mass is 223 g/mol. The number of amides is 1. The summed E-state index contributed by atoms with van der Waals surface area (Å²) in [7, 11) is 0. The third kappa shape index (κ3) is 1.63. The van der Waals surface area contributed by atoms with Crippen molar-refractivity contribution >= 4 is 23.2 Å². The van der Waals surface area contributed by atoms with Crippen LogP contribution in [0.3, 0.4) is 0 Å². The maximum absolute atomic E-state index is 11.7. The SMILES string of the molecule is CC1(C)C(=O)Nc2ccc(CCCl)cc21. The minimum absolute atomic E-state index is 0.0699. The van der Waals surface area contributed by atoms with Gasteiger partial charge in [0.15, 0.2) is 0 Å². The lowest BCUT2D eigenvalue weighted by Crippen LogP contribution is -2.26. The lowest BCUT2D eigenvalue weighted by atomic mass is 9.85. The summed E-state index contributed by atoms with van der Waals surface area (Å²) in [4.78, 5) is 11.7. The Bertz CT molecular complexity index is 412. The van der Waals surface area contributed by atoms with Crippen LogP contribution in [-0.2, 0) is 16.6 Å². The molecule has 1 amide bonds. The molecule has 0 radical (unpaired) electrons. The van der Waals surface area contributed by atoms with Crippen LogP contribution < -0.4 is 5.32 Å². The maximum Gasteiger partial charge on any atom is 0.234 e. The van der Waals surface area contributed by atoms with Gasteiger partial charge < -0.3 is 5.32 Å². The molecule has 1 aliphatic rings. The van der Waals surface area contributed by atoms with Crippen molar-refractivity contribution in [3.05, 3.63) is 29.3 Å². The fourth-order valence-corrected chi connectivity index (χ4v) is 2.10. The number of fused-ring (bicyclic) bond motifs is 1. The first-order chi connectivity index (χ1) is 7.05. The van der Waals surface area contributed by atoms with Gasteiger partial charge in [-0.1, -0.05) is 12.1 Å². The molecule has 0 saturated heterocycles.